The second-order valence-electron chi connectivity index (χ2n) is 6.19. The number of hydrogen-bond donors (Lipinski definition) is 0. The van der Waals surface area contributed by atoms with Crippen LogP contribution in [0.25, 0.3) is 0 Å². The van der Waals surface area contributed by atoms with Gasteiger partial charge in [0.05, 0.1) is 0 Å². The Balaban J connectivity index is 2.01. The molecule has 0 N–H and O–H groups in total. The van der Waals surface area contributed by atoms with E-state index in [-0.39, 0.29) is 0 Å². The van der Waals surface area contributed by atoms with E-state index in [1.165, 1.54) is 0 Å². The van der Waals surface area contributed by atoms with E-state index in [4.69, 9.17) is 0 Å². The van der Waals surface area contributed by atoms with Crippen molar-refractivity contribution in [3.8, 4) is 0 Å². The summed E-state index contributed by atoms with van der Waals surface area (Å²) >= 11 is -2.70. The molecular formula is C22H20Ti. The first-order valence-electron chi connectivity index (χ1n) is 8.23. The zero-order chi connectivity index (χ0) is 15.5. The second-order valence-corrected chi connectivity index (χ2v) is 12.8. The van der Waals surface area contributed by atoms with Crippen LogP contribution < -0.4 is 7.74 Å². The molecule has 0 unspecified atom stereocenters. The maximum absolute atomic E-state index is 2.70. The van der Waals surface area contributed by atoms with Crippen LogP contribution in [0.1, 0.15) is 0 Å². The van der Waals surface area contributed by atoms with E-state index in [1.54, 1.807) is 7.74 Å². The molecule has 1 heteroatoms. The zero-order valence-electron chi connectivity index (χ0n) is 13.0. The van der Waals surface area contributed by atoms with E-state index in [1.807, 2.05) is 0 Å². The molecule has 0 bridgehead atoms. The fourth-order valence-electron chi connectivity index (χ4n) is 4.06. The van der Waals surface area contributed by atoms with E-state index in [9.17, 15) is 0 Å². The summed E-state index contributed by atoms with van der Waals surface area (Å²) < 4.78 is 4.19. The molecule has 0 aliphatic heterocycles. The number of allylic oxidation sites excluding steroid dienone is 8. The predicted molar refractivity (Wildman–Crippen MR) is 96.2 cm³/mol. The Morgan fingerprint density at radius 1 is 0.478 bits per heavy atom. The van der Waals surface area contributed by atoms with Gasteiger partial charge in [-0.1, -0.05) is 0 Å². The van der Waals surface area contributed by atoms with Crippen LogP contribution in [0.2, 0.25) is 8.45 Å². The minimum atomic E-state index is -2.70. The van der Waals surface area contributed by atoms with Crippen LogP contribution in [0, 0.1) is 0 Å². The number of benzene rings is 2. The fourth-order valence-corrected chi connectivity index (χ4v) is 12.6. The van der Waals surface area contributed by atoms with E-state index in [0.29, 0.717) is 8.45 Å². The minimum absolute atomic E-state index is 0.539. The van der Waals surface area contributed by atoms with Gasteiger partial charge in [0.1, 0.15) is 0 Å². The van der Waals surface area contributed by atoms with E-state index in [2.05, 4.69) is 109 Å². The van der Waals surface area contributed by atoms with Gasteiger partial charge in [0.2, 0.25) is 0 Å². The first-order chi connectivity index (χ1) is 11.4. The summed E-state index contributed by atoms with van der Waals surface area (Å²) in [4.78, 5) is 0. The summed E-state index contributed by atoms with van der Waals surface area (Å²) in [7, 11) is 0. The van der Waals surface area contributed by atoms with Crippen molar-refractivity contribution in [2.24, 2.45) is 0 Å². The third kappa shape index (κ3) is 2.43. The Morgan fingerprint density at radius 2 is 0.826 bits per heavy atom. The average molecular weight is 332 g/mol. The summed E-state index contributed by atoms with van der Waals surface area (Å²) in [5.41, 5.74) is 0. The van der Waals surface area contributed by atoms with Gasteiger partial charge >= 0.3 is 142 Å². The molecule has 0 saturated carbocycles. The molecule has 0 amide bonds. The van der Waals surface area contributed by atoms with Crippen LogP contribution in [-0.4, -0.2) is 0 Å². The van der Waals surface area contributed by atoms with Crippen LogP contribution >= 0.6 is 0 Å². The summed E-state index contributed by atoms with van der Waals surface area (Å²) in [5.74, 6) is 0. The molecule has 0 fully saturated rings. The van der Waals surface area contributed by atoms with Gasteiger partial charge in [0.25, 0.3) is 0 Å². The van der Waals surface area contributed by atoms with Crippen molar-refractivity contribution in [3.05, 3.63) is 109 Å². The van der Waals surface area contributed by atoms with E-state index < -0.39 is 16.6 Å². The summed E-state index contributed by atoms with van der Waals surface area (Å²) in [6.07, 6.45) is 18.6. The molecule has 2 aliphatic rings. The normalized spacial score (nSPS) is 17.4. The van der Waals surface area contributed by atoms with Crippen molar-refractivity contribution in [1.29, 1.82) is 0 Å². The van der Waals surface area contributed by atoms with Crippen molar-refractivity contribution in [2.45, 2.75) is 8.45 Å². The van der Waals surface area contributed by atoms with Crippen molar-refractivity contribution < 1.29 is 16.6 Å². The summed E-state index contributed by atoms with van der Waals surface area (Å²) in [6, 6.07) is 22.5. The topological polar surface area (TPSA) is 0 Å². The van der Waals surface area contributed by atoms with Gasteiger partial charge in [0.15, 0.2) is 0 Å². The molecule has 0 saturated heterocycles. The molecule has 0 atom stereocenters. The van der Waals surface area contributed by atoms with Gasteiger partial charge in [-0.3, -0.25) is 0 Å². The SMILES string of the molecule is C1=C[CH]([Ti]([c]2ccccc2)([c]2ccccc2)[CH]2C=CC=C2)C=C1. The number of hydrogen-bond acceptors (Lipinski definition) is 0. The molecule has 0 spiro atoms. The molecule has 0 nitrogen and oxygen atoms in total. The van der Waals surface area contributed by atoms with Gasteiger partial charge in [0, 0.05) is 0 Å². The molecular weight excluding hydrogens is 312 g/mol. The van der Waals surface area contributed by atoms with Crippen molar-refractivity contribution in [2.75, 3.05) is 0 Å². The molecule has 4 rings (SSSR count). The molecule has 0 aromatic heterocycles. The molecule has 2 aromatic carbocycles. The van der Waals surface area contributed by atoms with Crippen LogP contribution in [0.4, 0.5) is 0 Å². The first kappa shape index (κ1) is 14.7. The predicted octanol–water partition coefficient (Wildman–Crippen LogP) is 4.62. The van der Waals surface area contributed by atoms with E-state index >= 15 is 0 Å². The Hall–Kier alpha value is -1.89. The van der Waals surface area contributed by atoms with Crippen LogP contribution in [0.5, 0.6) is 0 Å². The van der Waals surface area contributed by atoms with Gasteiger partial charge in [-0.2, -0.15) is 0 Å². The zero-order valence-corrected chi connectivity index (χ0v) is 14.6. The van der Waals surface area contributed by atoms with Crippen molar-refractivity contribution in [3.63, 3.8) is 0 Å². The first-order valence-corrected chi connectivity index (χ1v) is 11.6. The molecule has 23 heavy (non-hydrogen) atoms. The van der Waals surface area contributed by atoms with Crippen LogP contribution in [0.15, 0.2) is 109 Å². The van der Waals surface area contributed by atoms with Crippen molar-refractivity contribution >= 4 is 7.74 Å². The van der Waals surface area contributed by atoms with Gasteiger partial charge in [-0.15, -0.1) is 0 Å². The Kier molecular flexibility index (Phi) is 4.03. The van der Waals surface area contributed by atoms with Crippen LogP contribution in [-0.2, 0) is 16.6 Å². The molecule has 112 valence electrons. The quantitative estimate of drug-likeness (QED) is 0.717. The monoisotopic (exact) mass is 332 g/mol. The third-order valence-corrected chi connectivity index (χ3v) is 13.6. The fraction of sp³-hybridized carbons (Fsp3) is 0.0909. The van der Waals surface area contributed by atoms with Crippen molar-refractivity contribution in [1.82, 2.24) is 0 Å². The Morgan fingerprint density at radius 3 is 1.17 bits per heavy atom. The molecule has 2 aromatic rings. The maximum atomic E-state index is 2.42. The third-order valence-electron chi connectivity index (χ3n) is 5.05. The molecule has 0 radical (unpaired) electrons. The van der Waals surface area contributed by atoms with Crippen LogP contribution in [0.3, 0.4) is 0 Å². The molecule has 0 heterocycles. The summed E-state index contributed by atoms with van der Waals surface area (Å²) in [6.45, 7) is 0. The Bertz CT molecular complexity index is 688. The second kappa shape index (κ2) is 6.31. The van der Waals surface area contributed by atoms with Gasteiger partial charge < -0.3 is 0 Å². The summed E-state index contributed by atoms with van der Waals surface area (Å²) in [5, 5.41) is 0. The van der Waals surface area contributed by atoms with Gasteiger partial charge in [-0.05, 0) is 0 Å². The number of rotatable bonds is 4. The Labute approximate surface area is 141 Å². The standard InChI is InChI=1S/2C6H5.2C5H5.Ti/c2*1-2-4-6-5-3-1;2*1-2-4-5-3-1;/h2*1-5H;2*1-5H;. The van der Waals surface area contributed by atoms with Gasteiger partial charge in [-0.25, -0.2) is 0 Å². The average Bonchev–Trinajstić information content (AvgIpc) is 3.32. The van der Waals surface area contributed by atoms with E-state index in [0.717, 1.165) is 0 Å². The molecule has 2 aliphatic carbocycles.